The van der Waals surface area contributed by atoms with Crippen molar-refractivity contribution in [2.45, 2.75) is 6.61 Å². The highest BCUT2D eigenvalue weighted by molar-refractivity contribution is 8.18. The SMILES string of the molecule is COCCN1C(=O)/C(=C\c2ccc(OC(F)F)cc2)SC1=Nc1ccc(Cl)cc1. The summed E-state index contributed by atoms with van der Waals surface area (Å²) in [6.07, 6.45) is 1.68. The molecular weight excluding hydrogens is 422 g/mol. The standard InChI is InChI=1S/C20H17ClF2N2O3S/c1-27-11-10-25-18(26)17(12-13-2-8-16(9-3-13)28-19(22)23)29-20(25)24-15-6-4-14(21)5-7-15/h2-9,12,19H,10-11H2,1H3/b17-12+,24-20?. The molecule has 0 aromatic heterocycles. The number of alkyl halides is 2. The Morgan fingerprint density at radius 2 is 1.86 bits per heavy atom. The number of thioether (sulfide) groups is 1. The molecule has 0 unspecified atom stereocenters. The van der Waals surface area contributed by atoms with E-state index in [9.17, 15) is 13.6 Å². The van der Waals surface area contributed by atoms with Gasteiger partial charge in [-0.1, -0.05) is 23.7 Å². The molecule has 0 aliphatic carbocycles. The molecule has 0 bridgehead atoms. The average Bonchev–Trinajstić information content (AvgIpc) is 2.97. The number of halogens is 3. The molecule has 29 heavy (non-hydrogen) atoms. The Morgan fingerprint density at radius 1 is 1.17 bits per heavy atom. The van der Waals surface area contributed by atoms with Gasteiger partial charge in [0.15, 0.2) is 5.17 Å². The summed E-state index contributed by atoms with van der Waals surface area (Å²) >= 11 is 7.14. The number of aliphatic imine (C=N–C) groups is 1. The molecule has 0 radical (unpaired) electrons. The van der Waals surface area contributed by atoms with E-state index in [4.69, 9.17) is 16.3 Å². The highest BCUT2D eigenvalue weighted by Gasteiger charge is 2.33. The van der Waals surface area contributed by atoms with Crippen LogP contribution in [0, 0.1) is 0 Å². The summed E-state index contributed by atoms with van der Waals surface area (Å²) < 4.78 is 34.0. The molecule has 152 valence electrons. The molecule has 3 rings (SSSR count). The second-order valence-electron chi connectivity index (χ2n) is 5.88. The third-order valence-corrected chi connectivity index (χ3v) is 5.12. The summed E-state index contributed by atoms with van der Waals surface area (Å²) in [5, 5.41) is 1.12. The number of rotatable bonds is 7. The number of hydrogen-bond donors (Lipinski definition) is 0. The molecule has 1 heterocycles. The Kier molecular flexibility index (Phi) is 7.24. The summed E-state index contributed by atoms with van der Waals surface area (Å²) in [7, 11) is 1.56. The van der Waals surface area contributed by atoms with Crippen molar-refractivity contribution in [3.63, 3.8) is 0 Å². The Hall–Kier alpha value is -2.42. The number of carbonyl (C=O) groups is 1. The van der Waals surface area contributed by atoms with Gasteiger partial charge in [-0.2, -0.15) is 8.78 Å². The predicted octanol–water partition coefficient (Wildman–Crippen LogP) is 5.19. The van der Waals surface area contributed by atoms with Crippen molar-refractivity contribution in [1.82, 2.24) is 4.90 Å². The van der Waals surface area contributed by atoms with Crippen LogP contribution in [0.4, 0.5) is 14.5 Å². The van der Waals surface area contributed by atoms with Gasteiger partial charge < -0.3 is 9.47 Å². The minimum absolute atomic E-state index is 0.0549. The molecule has 1 saturated heterocycles. The molecule has 2 aromatic carbocycles. The maximum Gasteiger partial charge on any atom is 0.387 e. The zero-order valence-corrected chi connectivity index (χ0v) is 16.9. The molecule has 0 spiro atoms. The lowest BCUT2D eigenvalue weighted by atomic mass is 10.2. The summed E-state index contributed by atoms with van der Waals surface area (Å²) in [5.74, 6) is -0.146. The molecule has 1 aliphatic rings. The molecule has 1 aliphatic heterocycles. The molecule has 1 amide bonds. The number of carbonyl (C=O) groups excluding carboxylic acids is 1. The number of methoxy groups -OCH3 is 1. The Morgan fingerprint density at radius 3 is 2.48 bits per heavy atom. The number of ether oxygens (including phenoxy) is 2. The highest BCUT2D eigenvalue weighted by Crippen LogP contribution is 2.34. The van der Waals surface area contributed by atoms with Gasteiger partial charge in [0.25, 0.3) is 5.91 Å². The molecular formula is C20H17ClF2N2O3S. The van der Waals surface area contributed by atoms with E-state index in [0.29, 0.717) is 39.5 Å². The van der Waals surface area contributed by atoms with Crippen LogP contribution < -0.4 is 4.74 Å². The minimum atomic E-state index is -2.88. The highest BCUT2D eigenvalue weighted by atomic mass is 35.5. The fraction of sp³-hybridized carbons (Fsp3) is 0.200. The molecule has 5 nitrogen and oxygen atoms in total. The van der Waals surface area contributed by atoms with Crippen molar-refractivity contribution in [2.24, 2.45) is 4.99 Å². The summed E-state index contributed by atoms with van der Waals surface area (Å²) in [6.45, 7) is -2.17. The molecule has 1 fully saturated rings. The lowest BCUT2D eigenvalue weighted by molar-refractivity contribution is -0.122. The van der Waals surface area contributed by atoms with Crippen LogP contribution in [0.1, 0.15) is 5.56 Å². The lowest BCUT2D eigenvalue weighted by Gasteiger charge is -2.14. The predicted molar refractivity (Wildman–Crippen MR) is 111 cm³/mol. The summed E-state index contributed by atoms with van der Waals surface area (Å²) in [4.78, 5) is 19.4. The van der Waals surface area contributed by atoms with Gasteiger partial charge in [0.1, 0.15) is 5.75 Å². The fourth-order valence-corrected chi connectivity index (χ4v) is 3.64. The summed E-state index contributed by atoms with van der Waals surface area (Å²) in [5.41, 5.74) is 1.35. The van der Waals surface area contributed by atoms with Gasteiger partial charge in [0.2, 0.25) is 0 Å². The van der Waals surface area contributed by atoms with Gasteiger partial charge in [-0.15, -0.1) is 0 Å². The van der Waals surface area contributed by atoms with Crippen LogP contribution in [0.2, 0.25) is 5.02 Å². The third-order valence-electron chi connectivity index (χ3n) is 3.86. The fourth-order valence-electron chi connectivity index (χ4n) is 2.49. The quantitative estimate of drug-likeness (QED) is 0.558. The van der Waals surface area contributed by atoms with Gasteiger partial charge in [-0.05, 0) is 59.8 Å². The van der Waals surface area contributed by atoms with Gasteiger partial charge in [-0.25, -0.2) is 4.99 Å². The monoisotopic (exact) mass is 438 g/mol. The summed E-state index contributed by atoms with van der Waals surface area (Å²) in [6, 6.07) is 13.0. The van der Waals surface area contributed by atoms with Crippen LogP contribution >= 0.6 is 23.4 Å². The van der Waals surface area contributed by atoms with Crippen molar-refractivity contribution in [2.75, 3.05) is 20.3 Å². The lowest BCUT2D eigenvalue weighted by Crippen LogP contribution is -2.32. The average molecular weight is 439 g/mol. The van der Waals surface area contributed by atoms with Crippen molar-refractivity contribution < 1.29 is 23.0 Å². The van der Waals surface area contributed by atoms with Crippen molar-refractivity contribution in [3.8, 4) is 5.75 Å². The van der Waals surface area contributed by atoms with Gasteiger partial charge in [0.05, 0.1) is 23.7 Å². The minimum Gasteiger partial charge on any atom is -0.435 e. The van der Waals surface area contributed by atoms with E-state index >= 15 is 0 Å². The van der Waals surface area contributed by atoms with Crippen molar-refractivity contribution >= 4 is 46.2 Å². The van der Waals surface area contributed by atoms with E-state index in [-0.39, 0.29) is 11.7 Å². The van der Waals surface area contributed by atoms with E-state index < -0.39 is 6.61 Å². The van der Waals surface area contributed by atoms with Crippen LogP contribution in [0.3, 0.4) is 0 Å². The van der Waals surface area contributed by atoms with Crippen LogP contribution in [0.5, 0.6) is 5.75 Å². The Labute approximate surface area is 176 Å². The van der Waals surface area contributed by atoms with Crippen LogP contribution in [-0.4, -0.2) is 42.8 Å². The molecule has 2 aromatic rings. The zero-order chi connectivity index (χ0) is 20.8. The van der Waals surface area contributed by atoms with Crippen molar-refractivity contribution in [1.29, 1.82) is 0 Å². The number of amidine groups is 1. The van der Waals surface area contributed by atoms with Crippen LogP contribution in [0.15, 0.2) is 58.4 Å². The first-order valence-corrected chi connectivity index (χ1v) is 9.75. The Balaban J connectivity index is 1.85. The second kappa shape index (κ2) is 9.87. The van der Waals surface area contributed by atoms with Crippen molar-refractivity contribution in [3.05, 3.63) is 64.0 Å². The number of nitrogens with zero attached hydrogens (tertiary/aromatic N) is 2. The van der Waals surface area contributed by atoms with E-state index in [1.807, 2.05) is 0 Å². The van der Waals surface area contributed by atoms with Gasteiger partial charge in [0, 0.05) is 12.1 Å². The Bertz CT molecular complexity index is 918. The molecule has 0 atom stereocenters. The largest absolute Gasteiger partial charge is 0.435 e. The van der Waals surface area contributed by atoms with Crippen LogP contribution in [-0.2, 0) is 9.53 Å². The number of hydrogen-bond acceptors (Lipinski definition) is 5. The maximum atomic E-state index is 12.8. The normalized spacial score (nSPS) is 17.0. The second-order valence-corrected chi connectivity index (χ2v) is 7.32. The number of benzene rings is 2. The molecule has 0 saturated carbocycles. The topological polar surface area (TPSA) is 51.1 Å². The third kappa shape index (κ3) is 5.79. The molecule has 9 heteroatoms. The number of amides is 1. The van der Waals surface area contributed by atoms with E-state index in [2.05, 4.69) is 9.73 Å². The van der Waals surface area contributed by atoms with Gasteiger partial charge in [-0.3, -0.25) is 9.69 Å². The zero-order valence-electron chi connectivity index (χ0n) is 15.3. The van der Waals surface area contributed by atoms with E-state index in [1.165, 1.54) is 23.9 Å². The first-order valence-electron chi connectivity index (χ1n) is 8.56. The van der Waals surface area contributed by atoms with E-state index in [0.717, 1.165) is 0 Å². The smallest absolute Gasteiger partial charge is 0.387 e. The van der Waals surface area contributed by atoms with E-state index in [1.54, 1.807) is 54.5 Å². The maximum absolute atomic E-state index is 12.8. The first kappa shape index (κ1) is 21.3. The van der Waals surface area contributed by atoms with Crippen LogP contribution in [0.25, 0.3) is 6.08 Å². The van der Waals surface area contributed by atoms with Gasteiger partial charge >= 0.3 is 6.61 Å². The molecule has 0 N–H and O–H groups in total. The first-order chi connectivity index (χ1) is 14.0.